The molecule has 8 heteroatoms. The molecule has 0 unspecified atom stereocenters. The van der Waals surface area contributed by atoms with Crippen molar-refractivity contribution in [2.45, 2.75) is 26.2 Å². The van der Waals surface area contributed by atoms with Crippen LogP contribution in [0.4, 0.5) is 10.2 Å². The minimum Gasteiger partial charge on any atom is -0.481 e. The number of ether oxygens (including phenoxy) is 2. The number of amides is 1. The zero-order valence-electron chi connectivity index (χ0n) is 16.0. The number of carbonyl (C=O) groups is 1. The third-order valence-electron chi connectivity index (χ3n) is 4.35. The number of halogens is 1. The van der Waals surface area contributed by atoms with Crippen molar-refractivity contribution in [1.82, 2.24) is 15.3 Å². The number of rotatable bonds is 8. The van der Waals surface area contributed by atoms with Gasteiger partial charge in [0.05, 0.1) is 6.54 Å². The maximum Gasteiger partial charge on any atom is 0.258 e. The van der Waals surface area contributed by atoms with Gasteiger partial charge in [-0.2, -0.15) is 4.98 Å². The Morgan fingerprint density at radius 3 is 2.75 bits per heavy atom. The summed E-state index contributed by atoms with van der Waals surface area (Å²) in [6, 6.07) is 7.80. The summed E-state index contributed by atoms with van der Waals surface area (Å²) in [7, 11) is 0. The van der Waals surface area contributed by atoms with Gasteiger partial charge in [-0.25, -0.2) is 9.37 Å². The number of carbonyl (C=O) groups excluding carboxylic acids is 1. The molecule has 0 radical (unpaired) electrons. The lowest BCUT2D eigenvalue weighted by molar-refractivity contribution is -0.123. The topological polar surface area (TPSA) is 76.6 Å². The Labute approximate surface area is 163 Å². The first-order chi connectivity index (χ1) is 13.6. The molecule has 150 valence electrons. The van der Waals surface area contributed by atoms with Crippen LogP contribution in [0.15, 0.2) is 30.3 Å². The second-order valence-corrected chi connectivity index (χ2v) is 6.58. The Bertz CT molecular complexity index is 797. The molecule has 0 spiro atoms. The molecular weight excluding hydrogens is 363 g/mol. The molecule has 1 aromatic heterocycles. The number of nitrogens with zero attached hydrogens (tertiary/aromatic N) is 3. The molecule has 1 N–H and O–H groups in total. The van der Waals surface area contributed by atoms with E-state index in [2.05, 4.69) is 20.2 Å². The molecule has 3 rings (SSSR count). The molecule has 28 heavy (non-hydrogen) atoms. The van der Waals surface area contributed by atoms with E-state index in [1.54, 1.807) is 12.1 Å². The highest BCUT2D eigenvalue weighted by Crippen LogP contribution is 2.21. The smallest absolute Gasteiger partial charge is 0.258 e. The standard InChI is InChI=1S/C20H25FN4O3/c1-15-23-18(25-10-5-2-6-11-25)13-20(24-15)27-12-9-22-19(26)14-28-17-8-4-3-7-16(17)21/h3-4,7-8,13H,2,5-6,9-12,14H2,1H3,(H,22,26). The van der Waals surface area contributed by atoms with Gasteiger partial charge < -0.3 is 19.7 Å². The van der Waals surface area contributed by atoms with E-state index < -0.39 is 5.82 Å². The van der Waals surface area contributed by atoms with E-state index in [1.165, 1.54) is 31.4 Å². The average Bonchev–Trinajstić information content (AvgIpc) is 2.71. The fourth-order valence-corrected chi connectivity index (χ4v) is 2.99. The summed E-state index contributed by atoms with van der Waals surface area (Å²) in [6.45, 7) is 4.12. The van der Waals surface area contributed by atoms with Gasteiger partial charge in [0.25, 0.3) is 5.91 Å². The van der Waals surface area contributed by atoms with Crippen LogP contribution >= 0.6 is 0 Å². The van der Waals surface area contributed by atoms with Crippen molar-refractivity contribution in [1.29, 1.82) is 0 Å². The summed E-state index contributed by atoms with van der Waals surface area (Å²) in [6.07, 6.45) is 3.59. The number of piperidine rings is 1. The molecule has 0 bridgehead atoms. The van der Waals surface area contributed by atoms with Crippen LogP contribution in [0.3, 0.4) is 0 Å². The van der Waals surface area contributed by atoms with Gasteiger partial charge in [0.15, 0.2) is 18.2 Å². The van der Waals surface area contributed by atoms with Crippen molar-refractivity contribution in [3.05, 3.63) is 42.0 Å². The molecule has 1 fully saturated rings. The molecule has 0 atom stereocenters. The first-order valence-electron chi connectivity index (χ1n) is 9.49. The van der Waals surface area contributed by atoms with Gasteiger partial charge in [-0.05, 0) is 38.3 Å². The molecule has 2 aromatic rings. The van der Waals surface area contributed by atoms with Gasteiger partial charge in [0.1, 0.15) is 18.2 Å². The fraction of sp³-hybridized carbons (Fsp3) is 0.450. The highest BCUT2D eigenvalue weighted by atomic mass is 19.1. The van der Waals surface area contributed by atoms with Crippen LogP contribution in [0.1, 0.15) is 25.1 Å². The molecule has 1 aliphatic heterocycles. The molecule has 1 amide bonds. The van der Waals surface area contributed by atoms with Crippen molar-refractivity contribution in [3.63, 3.8) is 0 Å². The van der Waals surface area contributed by atoms with Gasteiger partial charge >= 0.3 is 0 Å². The summed E-state index contributed by atoms with van der Waals surface area (Å²) in [5.41, 5.74) is 0. The molecule has 0 aliphatic carbocycles. The normalized spacial score (nSPS) is 13.9. The molecule has 2 heterocycles. The van der Waals surface area contributed by atoms with E-state index in [0.29, 0.717) is 18.2 Å². The number of benzene rings is 1. The largest absolute Gasteiger partial charge is 0.481 e. The van der Waals surface area contributed by atoms with E-state index in [-0.39, 0.29) is 24.9 Å². The predicted molar refractivity (Wildman–Crippen MR) is 103 cm³/mol. The predicted octanol–water partition coefficient (Wildman–Crippen LogP) is 2.49. The van der Waals surface area contributed by atoms with E-state index >= 15 is 0 Å². The maximum atomic E-state index is 13.4. The van der Waals surface area contributed by atoms with Gasteiger partial charge in [-0.3, -0.25) is 4.79 Å². The average molecular weight is 388 g/mol. The highest BCUT2D eigenvalue weighted by molar-refractivity contribution is 5.77. The lowest BCUT2D eigenvalue weighted by Crippen LogP contribution is -2.32. The Morgan fingerprint density at radius 1 is 1.18 bits per heavy atom. The maximum absolute atomic E-state index is 13.4. The molecular formula is C20H25FN4O3. The van der Waals surface area contributed by atoms with Crippen molar-refractivity contribution in [3.8, 4) is 11.6 Å². The van der Waals surface area contributed by atoms with Gasteiger partial charge in [-0.1, -0.05) is 12.1 Å². The van der Waals surface area contributed by atoms with E-state index in [0.717, 1.165) is 18.9 Å². The summed E-state index contributed by atoms with van der Waals surface area (Å²) >= 11 is 0. The van der Waals surface area contributed by atoms with Crippen LogP contribution in [-0.4, -0.2) is 48.7 Å². The number of aryl methyl sites for hydroxylation is 1. The summed E-state index contributed by atoms with van der Waals surface area (Å²) in [5.74, 6) is 1.23. The van der Waals surface area contributed by atoms with Crippen molar-refractivity contribution in [2.75, 3.05) is 37.7 Å². The van der Waals surface area contributed by atoms with E-state index in [9.17, 15) is 9.18 Å². The monoisotopic (exact) mass is 388 g/mol. The summed E-state index contributed by atoms with van der Waals surface area (Å²) < 4.78 is 24.3. The highest BCUT2D eigenvalue weighted by Gasteiger charge is 2.14. The van der Waals surface area contributed by atoms with Crippen molar-refractivity contribution >= 4 is 11.7 Å². The SMILES string of the molecule is Cc1nc(OCCNC(=O)COc2ccccc2F)cc(N2CCCCC2)n1. The first kappa shape index (κ1) is 19.9. The quantitative estimate of drug-likeness (QED) is 0.700. The second-order valence-electron chi connectivity index (χ2n) is 6.58. The Kier molecular flexibility index (Phi) is 7.00. The molecule has 1 aromatic carbocycles. The Hall–Kier alpha value is -2.90. The Morgan fingerprint density at radius 2 is 1.96 bits per heavy atom. The van der Waals surface area contributed by atoms with Crippen LogP contribution in [0.25, 0.3) is 0 Å². The van der Waals surface area contributed by atoms with Gasteiger partial charge in [-0.15, -0.1) is 0 Å². The van der Waals surface area contributed by atoms with E-state index in [1.807, 2.05) is 13.0 Å². The minimum absolute atomic E-state index is 0.0515. The van der Waals surface area contributed by atoms with Crippen LogP contribution in [0, 0.1) is 12.7 Å². The number of para-hydroxylation sites is 1. The molecule has 7 nitrogen and oxygen atoms in total. The second kappa shape index (κ2) is 9.87. The zero-order valence-corrected chi connectivity index (χ0v) is 16.0. The third-order valence-corrected chi connectivity index (χ3v) is 4.35. The van der Waals surface area contributed by atoms with Crippen LogP contribution in [0.5, 0.6) is 11.6 Å². The summed E-state index contributed by atoms with van der Waals surface area (Å²) in [4.78, 5) is 22.8. The molecule has 1 aliphatic rings. The number of anilines is 1. The van der Waals surface area contributed by atoms with E-state index in [4.69, 9.17) is 9.47 Å². The number of aromatic nitrogens is 2. The fourth-order valence-electron chi connectivity index (χ4n) is 2.99. The summed E-state index contributed by atoms with van der Waals surface area (Å²) in [5, 5.41) is 2.67. The van der Waals surface area contributed by atoms with Gasteiger partial charge in [0, 0.05) is 19.2 Å². The lowest BCUT2D eigenvalue weighted by atomic mass is 10.1. The molecule has 0 saturated carbocycles. The number of nitrogens with one attached hydrogen (secondary N) is 1. The van der Waals surface area contributed by atoms with Crippen LogP contribution in [-0.2, 0) is 4.79 Å². The first-order valence-corrected chi connectivity index (χ1v) is 9.49. The minimum atomic E-state index is -0.498. The van der Waals surface area contributed by atoms with Crippen LogP contribution < -0.4 is 19.7 Å². The van der Waals surface area contributed by atoms with Crippen molar-refractivity contribution in [2.24, 2.45) is 0 Å². The van der Waals surface area contributed by atoms with Gasteiger partial charge in [0.2, 0.25) is 5.88 Å². The molecule has 1 saturated heterocycles. The number of hydrogen-bond donors (Lipinski definition) is 1. The third kappa shape index (κ3) is 5.80. The lowest BCUT2D eigenvalue weighted by Gasteiger charge is -2.28. The number of hydrogen-bond acceptors (Lipinski definition) is 6. The Balaban J connectivity index is 1.41. The van der Waals surface area contributed by atoms with Crippen LogP contribution in [0.2, 0.25) is 0 Å². The zero-order chi connectivity index (χ0) is 19.8. The van der Waals surface area contributed by atoms with Crippen molar-refractivity contribution < 1.29 is 18.7 Å².